The minimum absolute atomic E-state index is 0.155. The molecule has 4 N–H and O–H groups in total. The Morgan fingerprint density at radius 3 is 2.36 bits per heavy atom. The summed E-state index contributed by atoms with van der Waals surface area (Å²) in [5.74, 6) is -1.22. The van der Waals surface area contributed by atoms with E-state index in [1.54, 1.807) is 10.7 Å². The number of H-pyrrole nitrogens is 1. The molecule has 1 unspecified atom stereocenters. The van der Waals surface area contributed by atoms with Gasteiger partial charge in [0.15, 0.2) is 6.10 Å². The first kappa shape index (κ1) is 54.7. The summed E-state index contributed by atoms with van der Waals surface area (Å²) < 4.78 is 42.9. The first-order valence-electron chi connectivity index (χ1n) is 25.9. The van der Waals surface area contributed by atoms with Gasteiger partial charge in [0.2, 0.25) is 12.0 Å². The first-order valence-corrected chi connectivity index (χ1v) is 28.5. The molecule has 3 saturated heterocycles. The fraction of sp³-hybridized carbons (Fsp3) is 0.623. The van der Waals surface area contributed by atoms with Gasteiger partial charge in [-0.1, -0.05) is 44.2 Å². The number of aliphatic hydroxyl groups is 2. The van der Waals surface area contributed by atoms with Gasteiger partial charge in [-0.05, 0) is 80.7 Å². The second kappa shape index (κ2) is 21.0. The van der Waals surface area contributed by atoms with E-state index in [1.165, 1.54) is 33.2 Å². The van der Waals surface area contributed by atoms with E-state index in [0.29, 0.717) is 131 Å². The molecule has 4 fully saturated rings. The summed E-state index contributed by atoms with van der Waals surface area (Å²) in [7, 11) is 1.25. The molecular weight excluding hydrogens is 1010 g/mol. The number of aromatic nitrogens is 1. The molecule has 10 rings (SSSR count). The van der Waals surface area contributed by atoms with Gasteiger partial charge in [-0.2, -0.15) is 0 Å². The molecule has 1 amide bonds. The number of methoxy groups -OCH3 is 3. The molecule has 1 aromatic heterocycles. The molecule has 404 valence electrons. The third kappa shape index (κ3) is 8.44. The highest BCUT2D eigenvalue weighted by atomic mass is 35.5. The van der Waals surface area contributed by atoms with Crippen LogP contribution in [-0.4, -0.2) is 175 Å². The molecule has 2 bridgehead atoms. The van der Waals surface area contributed by atoms with Crippen molar-refractivity contribution in [2.45, 2.75) is 106 Å². The van der Waals surface area contributed by atoms with Crippen LogP contribution < -0.4 is 14.7 Å². The van der Waals surface area contributed by atoms with Crippen LogP contribution in [0.1, 0.15) is 81.7 Å². The molecule has 11 atom stereocenters. The Morgan fingerprint density at radius 1 is 0.986 bits per heavy atom. The zero-order valence-corrected chi connectivity index (χ0v) is 45.6. The van der Waals surface area contributed by atoms with Gasteiger partial charge in [0.25, 0.3) is 0 Å². The number of fused-ring (bicyclic) bond motifs is 6. The van der Waals surface area contributed by atoms with Gasteiger partial charge < -0.3 is 43.6 Å². The van der Waals surface area contributed by atoms with Crippen LogP contribution in [0.4, 0.5) is 5.69 Å². The van der Waals surface area contributed by atoms with Gasteiger partial charge >= 0.3 is 25.6 Å². The number of hydrogen-bond donors (Lipinski definition) is 4. The number of esters is 3. The Hall–Kier alpha value is -4.07. The van der Waals surface area contributed by atoms with E-state index in [-0.39, 0.29) is 12.3 Å². The van der Waals surface area contributed by atoms with Gasteiger partial charge in [0.1, 0.15) is 11.2 Å². The number of ether oxygens (including phenoxy) is 4. The lowest BCUT2D eigenvalue weighted by atomic mass is 9.47. The highest BCUT2D eigenvalue weighted by Gasteiger charge is 2.81. The van der Waals surface area contributed by atoms with Crippen LogP contribution in [0.25, 0.3) is 10.9 Å². The van der Waals surface area contributed by atoms with Gasteiger partial charge in [-0.3, -0.25) is 28.7 Å². The van der Waals surface area contributed by atoms with Gasteiger partial charge in [-0.15, -0.1) is 23.2 Å². The number of nitrogens with zero attached hydrogens (tertiary/aromatic N) is 4. The van der Waals surface area contributed by atoms with Gasteiger partial charge in [-0.25, -0.2) is 14.6 Å². The number of carbonyl (C=O) groups is 4. The summed E-state index contributed by atoms with van der Waals surface area (Å²) >= 11 is 11.2. The average Bonchev–Trinajstić information content (AvgIpc) is 4.08. The maximum Gasteiger partial charge on any atom is 0.344 e. The van der Waals surface area contributed by atoms with Crippen LogP contribution in [-0.2, 0) is 59.7 Å². The second-order valence-electron chi connectivity index (χ2n) is 21.1. The van der Waals surface area contributed by atoms with E-state index >= 15 is 4.79 Å². The summed E-state index contributed by atoms with van der Waals surface area (Å²) in [5, 5.41) is 29.2. The minimum Gasteiger partial charge on any atom is -0.496 e. The van der Waals surface area contributed by atoms with E-state index in [4.69, 9.17) is 46.7 Å². The number of rotatable bonds is 13. The zero-order valence-electron chi connectivity index (χ0n) is 43.2. The fourth-order valence-electron chi connectivity index (χ4n) is 14.6. The number of anilines is 1. The highest BCUT2D eigenvalue weighted by Crippen LogP contribution is 2.68. The van der Waals surface area contributed by atoms with E-state index in [2.05, 4.69) is 25.9 Å². The Morgan fingerprint density at radius 2 is 1.73 bits per heavy atom. The SMILES string of the molecule is CC[C@]1(O)C[C@H]2C[N@](CCc3c([nH]c4ccccc34)[C@@](C(=O)OC)(c3cc4c(cc3OC)N(C=O)[C@H]3[C@@](O)(C(=O)OC)[C@H](OC(C)=O)[C@]5(CC)C=CCN6CC[C@]43[C@@H]65)C2)C1.O=P1(N(CCCl)CCCl)NCCCO1. The lowest BCUT2D eigenvalue weighted by molar-refractivity contribution is -0.228. The largest absolute Gasteiger partial charge is 0.496 e. The van der Waals surface area contributed by atoms with Crippen LogP contribution in [0.3, 0.4) is 0 Å². The molecule has 0 radical (unpaired) electrons. The van der Waals surface area contributed by atoms with Crippen LogP contribution >= 0.6 is 30.9 Å². The molecule has 74 heavy (non-hydrogen) atoms. The number of carbonyl (C=O) groups excluding carboxylic acids is 4. The number of benzene rings is 2. The van der Waals surface area contributed by atoms with Crippen LogP contribution in [0.15, 0.2) is 48.6 Å². The van der Waals surface area contributed by atoms with Crippen molar-refractivity contribution in [3.63, 3.8) is 0 Å². The summed E-state index contributed by atoms with van der Waals surface area (Å²) in [5.41, 5.74) is -3.15. The van der Waals surface area contributed by atoms with Crippen molar-refractivity contribution in [1.82, 2.24) is 24.5 Å². The number of hydrogen-bond acceptors (Lipinski definition) is 14. The van der Waals surface area contributed by atoms with E-state index in [1.807, 2.05) is 50.3 Å². The molecular formula is C53H71Cl2N6O12P. The summed E-state index contributed by atoms with van der Waals surface area (Å²) in [6.45, 7) is 10.5. The van der Waals surface area contributed by atoms with Crippen LogP contribution in [0.5, 0.6) is 5.75 Å². The van der Waals surface area contributed by atoms with Crippen molar-refractivity contribution in [3.05, 3.63) is 70.9 Å². The molecule has 2 aromatic carbocycles. The summed E-state index contributed by atoms with van der Waals surface area (Å²) in [4.78, 5) is 66.1. The van der Waals surface area contributed by atoms with Crippen molar-refractivity contribution in [1.29, 1.82) is 0 Å². The van der Waals surface area contributed by atoms with E-state index in [0.717, 1.165) is 29.4 Å². The van der Waals surface area contributed by atoms with Crippen molar-refractivity contribution in [2.24, 2.45) is 11.3 Å². The number of amides is 1. The number of nitrogens with one attached hydrogen (secondary N) is 2. The zero-order chi connectivity index (χ0) is 53.0. The van der Waals surface area contributed by atoms with Crippen LogP contribution in [0.2, 0.25) is 0 Å². The lowest BCUT2D eigenvalue weighted by Gasteiger charge is -2.63. The van der Waals surface area contributed by atoms with Crippen molar-refractivity contribution in [3.8, 4) is 5.75 Å². The second-order valence-corrected chi connectivity index (χ2v) is 24.0. The predicted molar refractivity (Wildman–Crippen MR) is 280 cm³/mol. The monoisotopic (exact) mass is 1080 g/mol. The number of alkyl halides is 2. The van der Waals surface area contributed by atoms with Crippen molar-refractivity contribution in [2.75, 3.05) is 97.0 Å². The van der Waals surface area contributed by atoms with Gasteiger partial charge in [0.05, 0.1) is 45.3 Å². The molecule has 7 aliphatic rings. The molecule has 7 heterocycles. The quantitative estimate of drug-likeness (QED) is 0.0421. The number of aromatic amines is 1. The molecule has 1 saturated carbocycles. The fourth-order valence-corrected chi connectivity index (χ4v) is 17.3. The Balaban J connectivity index is 0.000000417. The number of para-hydroxylation sites is 1. The van der Waals surface area contributed by atoms with Crippen LogP contribution in [0, 0.1) is 11.3 Å². The highest BCUT2D eigenvalue weighted by molar-refractivity contribution is 7.54. The molecule has 1 spiro atoms. The first-order chi connectivity index (χ1) is 35.5. The molecule has 3 aromatic rings. The minimum atomic E-state index is -2.84. The Bertz CT molecular complexity index is 2710. The normalized spacial score (nSPS) is 34.9. The maximum atomic E-state index is 15.3. The Kier molecular flexibility index (Phi) is 15.6. The third-order valence-corrected chi connectivity index (χ3v) is 20.1. The van der Waals surface area contributed by atoms with E-state index < -0.39 is 71.2 Å². The summed E-state index contributed by atoms with van der Waals surface area (Å²) in [6.07, 6.45) is 6.72. The van der Waals surface area contributed by atoms with E-state index in [9.17, 15) is 29.2 Å². The topological polar surface area (TPSA) is 213 Å². The van der Waals surface area contributed by atoms with Crippen molar-refractivity contribution >= 4 is 71.8 Å². The molecule has 1 aliphatic carbocycles. The molecule has 6 aliphatic heterocycles. The lowest BCUT2D eigenvalue weighted by Crippen LogP contribution is -2.81. The maximum absolute atomic E-state index is 15.3. The molecule has 21 heteroatoms. The predicted octanol–water partition coefficient (Wildman–Crippen LogP) is 5.40. The standard InChI is InChI=1S/C46H56N4O10.C7H15Cl2N2O2P/c1-7-42(55)22-28-23-45(40(53)58-5,36-30(14-18-48(24-28)25-42)29-12-9-10-13-33(29)47-36)32-20-31-34(21-35(32)57-4)50(26-51)38-44(31)16-19-49-17-11-15-43(8-2,37(44)49)39(60-27(3)52)46(38,56)41(54)59-6;8-2-5-11(6-3-9)14(12)10-4-1-7-13-14/h9-13,15,20-21,26,28,37-39,47,55-56H,7-8,14,16-19,22-25H2,1-6H3;1-7H2,(H,10,12)/t28-,37+,38-,39-,42+,43-,44-,45+,46+;/m1./s1. The summed E-state index contributed by atoms with van der Waals surface area (Å²) in [6, 6.07) is 9.97. The third-order valence-electron chi connectivity index (χ3n) is 17.5. The van der Waals surface area contributed by atoms with Gasteiger partial charge in [0, 0.05) is 110 Å². The smallest absolute Gasteiger partial charge is 0.344 e. The number of halogens is 2. The van der Waals surface area contributed by atoms with Crippen molar-refractivity contribution < 1.29 is 57.4 Å². The number of piperidine rings is 1. The average molecular weight is 1090 g/mol. The Labute approximate surface area is 442 Å². The molecule has 18 nitrogen and oxygen atoms in total.